The number of nitrogen functional groups attached to an aromatic ring is 1. The molecule has 0 unspecified atom stereocenters. The number of anilines is 3. The van der Waals surface area contributed by atoms with E-state index in [4.69, 9.17) is 14.9 Å². The number of fused-ring (bicyclic) bond motifs is 1. The van der Waals surface area contributed by atoms with Gasteiger partial charge < -0.3 is 30.4 Å². The number of nitrogens with zero attached hydrogens (tertiary/aromatic N) is 6. The van der Waals surface area contributed by atoms with Crippen molar-refractivity contribution in [3.05, 3.63) is 48.5 Å². The average molecular weight is 536 g/mol. The van der Waals surface area contributed by atoms with Crippen LogP contribution >= 0.6 is 0 Å². The van der Waals surface area contributed by atoms with Gasteiger partial charge in [0, 0.05) is 51.4 Å². The molecule has 6 rings (SSSR count). The number of aromatic nitrogens is 4. The molecule has 0 saturated carbocycles. The fourth-order valence-corrected chi connectivity index (χ4v) is 5.17. The average Bonchev–Trinajstić information content (AvgIpc) is 3.64. The molecule has 2 aliphatic rings. The number of nitrogens with one attached hydrogen (secondary N) is 2. The lowest BCUT2D eigenvalue weighted by Crippen LogP contribution is -2.48. The zero-order valence-corrected chi connectivity index (χ0v) is 21.9. The standard InChI is InChI=1S/C27H34FN9O2/c28-21-16-20(39-18-19-5-7-30-8-6-19)3-4-23(21)36-13-11-35(12-14-36)10-9-31-27-32-25-17-22(24-2-1-15-38-24)34-37(25)26(29)33-27/h1-4,15-17,19,30H,5-14,18H2,(H3,29,31,32,33). The first-order chi connectivity index (χ1) is 19.1. The number of piperidine rings is 1. The molecule has 12 heteroatoms. The highest BCUT2D eigenvalue weighted by Crippen LogP contribution is 2.26. The van der Waals surface area contributed by atoms with Crippen LogP contribution in [0.25, 0.3) is 17.1 Å². The zero-order valence-electron chi connectivity index (χ0n) is 21.9. The Kier molecular flexibility index (Phi) is 7.46. The van der Waals surface area contributed by atoms with Crippen LogP contribution in [-0.4, -0.2) is 83.4 Å². The van der Waals surface area contributed by atoms with Gasteiger partial charge in [-0.25, -0.2) is 4.39 Å². The third-order valence-corrected chi connectivity index (χ3v) is 7.41. The molecule has 5 heterocycles. The van der Waals surface area contributed by atoms with Gasteiger partial charge in [0.25, 0.3) is 0 Å². The van der Waals surface area contributed by atoms with Crippen molar-refractivity contribution in [1.82, 2.24) is 29.8 Å². The van der Waals surface area contributed by atoms with Crippen LogP contribution in [0.15, 0.2) is 47.1 Å². The molecule has 4 aromatic rings. The summed E-state index contributed by atoms with van der Waals surface area (Å²) in [4.78, 5) is 13.3. The van der Waals surface area contributed by atoms with E-state index in [2.05, 4.69) is 35.5 Å². The summed E-state index contributed by atoms with van der Waals surface area (Å²) in [6.45, 7) is 7.37. The molecule has 4 N–H and O–H groups in total. The van der Waals surface area contributed by atoms with Crippen LogP contribution in [0.1, 0.15) is 12.8 Å². The Morgan fingerprint density at radius 1 is 1.10 bits per heavy atom. The Balaban J connectivity index is 0.974. The van der Waals surface area contributed by atoms with Crippen molar-refractivity contribution < 1.29 is 13.5 Å². The molecule has 0 aliphatic carbocycles. The number of ether oxygens (including phenoxy) is 1. The summed E-state index contributed by atoms with van der Waals surface area (Å²) < 4.78 is 27.7. The fraction of sp³-hybridized carbons (Fsp3) is 0.444. The number of hydrogen-bond acceptors (Lipinski definition) is 10. The first-order valence-corrected chi connectivity index (χ1v) is 13.5. The lowest BCUT2D eigenvalue weighted by Gasteiger charge is -2.36. The maximum atomic E-state index is 14.9. The molecular weight excluding hydrogens is 501 g/mol. The maximum Gasteiger partial charge on any atom is 0.228 e. The summed E-state index contributed by atoms with van der Waals surface area (Å²) in [6, 6.07) is 10.7. The number of piperazine rings is 1. The number of halogens is 1. The third kappa shape index (κ3) is 5.91. The lowest BCUT2D eigenvalue weighted by atomic mass is 9.99. The highest BCUT2D eigenvalue weighted by atomic mass is 19.1. The molecular formula is C27H34FN9O2. The smallest absolute Gasteiger partial charge is 0.228 e. The minimum absolute atomic E-state index is 0.229. The van der Waals surface area contributed by atoms with E-state index in [0.29, 0.717) is 53.6 Å². The molecule has 206 valence electrons. The largest absolute Gasteiger partial charge is 0.493 e. The van der Waals surface area contributed by atoms with Gasteiger partial charge in [-0.1, -0.05) is 0 Å². The maximum absolute atomic E-state index is 14.9. The molecule has 0 spiro atoms. The van der Waals surface area contributed by atoms with E-state index < -0.39 is 0 Å². The van der Waals surface area contributed by atoms with E-state index in [1.165, 1.54) is 10.6 Å². The quantitative estimate of drug-likeness (QED) is 0.295. The van der Waals surface area contributed by atoms with E-state index in [1.807, 2.05) is 24.3 Å². The van der Waals surface area contributed by atoms with Crippen LogP contribution in [0.2, 0.25) is 0 Å². The van der Waals surface area contributed by atoms with E-state index >= 15 is 0 Å². The first-order valence-electron chi connectivity index (χ1n) is 13.5. The lowest BCUT2D eigenvalue weighted by molar-refractivity contribution is 0.214. The number of nitrogens with two attached hydrogens (primary N) is 1. The van der Waals surface area contributed by atoms with Crippen molar-refractivity contribution in [3.8, 4) is 17.2 Å². The highest BCUT2D eigenvalue weighted by Gasteiger charge is 2.20. The van der Waals surface area contributed by atoms with Crippen LogP contribution in [-0.2, 0) is 0 Å². The second-order valence-electron chi connectivity index (χ2n) is 10.1. The Labute approximate surface area is 226 Å². The number of rotatable bonds is 9. The summed E-state index contributed by atoms with van der Waals surface area (Å²) in [5.41, 5.74) is 7.97. The molecule has 3 aromatic heterocycles. The third-order valence-electron chi connectivity index (χ3n) is 7.41. The Hall–Kier alpha value is -3.90. The monoisotopic (exact) mass is 535 g/mol. The summed E-state index contributed by atoms with van der Waals surface area (Å²) in [5.74, 6) is 2.26. The molecule has 0 amide bonds. The second kappa shape index (κ2) is 11.5. The van der Waals surface area contributed by atoms with Crippen molar-refractivity contribution in [1.29, 1.82) is 0 Å². The van der Waals surface area contributed by atoms with Gasteiger partial charge in [-0.2, -0.15) is 19.6 Å². The van der Waals surface area contributed by atoms with Crippen molar-refractivity contribution >= 4 is 23.2 Å². The van der Waals surface area contributed by atoms with Crippen LogP contribution in [0, 0.1) is 11.7 Å². The van der Waals surface area contributed by atoms with Gasteiger partial charge in [-0.15, -0.1) is 0 Å². The molecule has 2 saturated heterocycles. The van der Waals surface area contributed by atoms with Gasteiger partial charge in [0.05, 0.1) is 18.6 Å². The van der Waals surface area contributed by atoms with E-state index in [-0.39, 0.29) is 11.8 Å². The van der Waals surface area contributed by atoms with Crippen LogP contribution in [0.3, 0.4) is 0 Å². The predicted molar refractivity (Wildman–Crippen MR) is 148 cm³/mol. The first kappa shape index (κ1) is 25.4. The Morgan fingerprint density at radius 3 is 2.72 bits per heavy atom. The molecule has 39 heavy (non-hydrogen) atoms. The van der Waals surface area contributed by atoms with Crippen molar-refractivity contribution in [3.63, 3.8) is 0 Å². The van der Waals surface area contributed by atoms with Crippen molar-refractivity contribution in [2.45, 2.75) is 12.8 Å². The second-order valence-corrected chi connectivity index (χ2v) is 10.1. The number of furan rings is 1. The molecule has 0 bridgehead atoms. The summed E-state index contributed by atoms with van der Waals surface area (Å²) in [6.07, 6.45) is 3.81. The minimum atomic E-state index is -0.229. The molecule has 11 nitrogen and oxygen atoms in total. The van der Waals surface area contributed by atoms with E-state index in [9.17, 15) is 4.39 Å². The SMILES string of the molecule is Nc1nc(NCCN2CCN(c3ccc(OCC4CCNCC4)cc3F)CC2)nc2cc(-c3ccco3)nn12. The molecule has 1 aromatic carbocycles. The Morgan fingerprint density at radius 2 is 1.95 bits per heavy atom. The van der Waals surface area contributed by atoms with Gasteiger partial charge in [0.2, 0.25) is 11.9 Å². The Bertz CT molecular complexity index is 1380. The summed E-state index contributed by atoms with van der Waals surface area (Å²) in [5, 5.41) is 11.0. The van der Waals surface area contributed by atoms with Crippen molar-refractivity contribution in [2.24, 2.45) is 5.92 Å². The highest BCUT2D eigenvalue weighted by molar-refractivity contribution is 5.61. The van der Waals surface area contributed by atoms with Gasteiger partial charge in [0.1, 0.15) is 17.3 Å². The predicted octanol–water partition coefficient (Wildman–Crippen LogP) is 2.72. The summed E-state index contributed by atoms with van der Waals surface area (Å²) in [7, 11) is 0. The van der Waals surface area contributed by atoms with Crippen LogP contribution in [0.5, 0.6) is 5.75 Å². The molecule has 2 aliphatic heterocycles. The topological polar surface area (TPSA) is 122 Å². The minimum Gasteiger partial charge on any atom is -0.493 e. The van der Waals surface area contributed by atoms with E-state index in [1.54, 1.807) is 12.3 Å². The normalized spacial score (nSPS) is 17.1. The van der Waals surface area contributed by atoms with Gasteiger partial charge in [-0.05, 0) is 56.1 Å². The molecule has 2 fully saturated rings. The van der Waals surface area contributed by atoms with Crippen LogP contribution in [0.4, 0.5) is 22.0 Å². The summed E-state index contributed by atoms with van der Waals surface area (Å²) >= 11 is 0. The van der Waals surface area contributed by atoms with Crippen LogP contribution < -0.4 is 26.0 Å². The van der Waals surface area contributed by atoms with Gasteiger partial charge in [-0.3, -0.25) is 4.90 Å². The molecule has 0 radical (unpaired) electrons. The zero-order chi connectivity index (χ0) is 26.6. The van der Waals surface area contributed by atoms with E-state index in [0.717, 1.165) is 58.7 Å². The fourth-order valence-electron chi connectivity index (χ4n) is 5.17. The van der Waals surface area contributed by atoms with Gasteiger partial charge in [0.15, 0.2) is 11.4 Å². The number of hydrogen-bond donors (Lipinski definition) is 3. The molecule has 0 atom stereocenters. The number of benzene rings is 1. The van der Waals surface area contributed by atoms with Gasteiger partial charge >= 0.3 is 0 Å². The van der Waals surface area contributed by atoms with Crippen molar-refractivity contribution in [2.75, 3.05) is 74.9 Å².